The molecule has 0 aromatic carbocycles. The van der Waals surface area contributed by atoms with Crippen LogP contribution in [0.25, 0.3) is 0 Å². The monoisotopic (exact) mass is 263 g/mol. The van der Waals surface area contributed by atoms with Crippen molar-refractivity contribution in [1.82, 2.24) is 3.71 Å². The normalized spacial score (nSPS) is 7.40. The molecule has 0 spiro atoms. The van der Waals surface area contributed by atoms with Crippen LogP contribution in [0.3, 0.4) is 0 Å². The number of ether oxygens (including phenoxy) is 1. The Morgan fingerprint density at radius 1 is 1.70 bits per heavy atom. The maximum atomic E-state index is 10.4. The van der Waals surface area contributed by atoms with Gasteiger partial charge >= 0.3 is 6.09 Å². The van der Waals surface area contributed by atoms with Crippen molar-refractivity contribution < 1.29 is 30.6 Å². The van der Waals surface area contributed by atoms with E-state index in [1.165, 1.54) is 6.08 Å². The Balaban J connectivity index is 0. The van der Waals surface area contributed by atoms with Crippen LogP contribution in [-0.4, -0.2) is 16.4 Å². The molecule has 0 N–H and O–H groups in total. The molecule has 10 heavy (non-hydrogen) atoms. The third-order valence-corrected chi connectivity index (χ3v) is 0.815. The third-order valence-electron chi connectivity index (χ3n) is 0.488. The van der Waals surface area contributed by atoms with Gasteiger partial charge in [-0.3, -0.25) is 0 Å². The summed E-state index contributed by atoms with van der Waals surface area (Å²) in [6, 6.07) is 0. The van der Waals surface area contributed by atoms with Crippen molar-refractivity contribution in [2.45, 2.75) is 0 Å². The van der Waals surface area contributed by atoms with Crippen LogP contribution in [-0.2, 0) is 25.8 Å². The van der Waals surface area contributed by atoms with Crippen molar-refractivity contribution in [1.29, 1.82) is 0 Å². The SMILES string of the molecule is C=CCOC(=O)N(S)S.[Mo]. The van der Waals surface area contributed by atoms with E-state index < -0.39 is 6.09 Å². The Kier molecular flexibility index (Phi) is 9.77. The predicted molar refractivity (Wildman–Crippen MR) is 41.4 cm³/mol. The molecule has 0 fully saturated rings. The van der Waals surface area contributed by atoms with Crippen LogP contribution in [0.5, 0.6) is 0 Å². The summed E-state index contributed by atoms with van der Waals surface area (Å²) in [5, 5.41) is 0. The quantitative estimate of drug-likeness (QED) is 0.446. The molecule has 0 atom stereocenters. The topological polar surface area (TPSA) is 29.5 Å². The fraction of sp³-hybridized carbons (Fsp3) is 0.250. The van der Waals surface area contributed by atoms with Crippen LogP contribution in [0.2, 0.25) is 0 Å². The number of hydrogen-bond donors (Lipinski definition) is 2. The van der Waals surface area contributed by atoms with Gasteiger partial charge in [0.25, 0.3) is 0 Å². The first-order chi connectivity index (χ1) is 4.18. The molecule has 6 heteroatoms. The molecule has 3 nitrogen and oxygen atoms in total. The van der Waals surface area contributed by atoms with Gasteiger partial charge in [0.05, 0.1) is 0 Å². The molecule has 0 aromatic heterocycles. The van der Waals surface area contributed by atoms with Gasteiger partial charge in [-0.15, -0.1) is 0 Å². The van der Waals surface area contributed by atoms with Gasteiger partial charge in [0, 0.05) is 21.1 Å². The average molecular weight is 261 g/mol. The summed E-state index contributed by atoms with van der Waals surface area (Å²) in [5.41, 5.74) is 0. The number of amides is 1. The summed E-state index contributed by atoms with van der Waals surface area (Å²) in [6.07, 6.45) is 0.852. The molecular weight excluding hydrogens is 254 g/mol. The number of nitrogens with zero attached hydrogens (tertiary/aromatic N) is 1. The maximum Gasteiger partial charge on any atom is 0.430 e. The molecule has 0 saturated carbocycles. The minimum atomic E-state index is -0.610. The second kappa shape index (κ2) is 7.50. The zero-order valence-electron chi connectivity index (χ0n) is 5.06. The van der Waals surface area contributed by atoms with E-state index in [0.29, 0.717) is 0 Å². The largest absolute Gasteiger partial charge is 0.444 e. The number of carbonyl (C=O) groups is 1. The van der Waals surface area contributed by atoms with Crippen molar-refractivity contribution in [2.75, 3.05) is 6.61 Å². The Bertz CT molecular complexity index is 120. The van der Waals surface area contributed by atoms with Crippen molar-refractivity contribution in [3.63, 3.8) is 0 Å². The first-order valence-corrected chi connectivity index (χ1v) is 2.94. The zero-order valence-corrected chi connectivity index (χ0v) is 8.85. The van der Waals surface area contributed by atoms with Gasteiger partial charge < -0.3 is 4.74 Å². The summed E-state index contributed by atoms with van der Waals surface area (Å²) in [5.74, 6) is 0. The van der Waals surface area contributed by atoms with E-state index in [1.54, 1.807) is 0 Å². The molecule has 0 saturated heterocycles. The van der Waals surface area contributed by atoms with Gasteiger partial charge in [0.1, 0.15) is 6.61 Å². The van der Waals surface area contributed by atoms with Gasteiger partial charge in [-0.25, -0.2) is 4.79 Å². The molecule has 0 aromatic rings. The van der Waals surface area contributed by atoms with Gasteiger partial charge in [0.2, 0.25) is 0 Å². The van der Waals surface area contributed by atoms with Crippen LogP contribution in [0.1, 0.15) is 0 Å². The van der Waals surface area contributed by atoms with E-state index >= 15 is 0 Å². The molecule has 0 heterocycles. The number of carbonyl (C=O) groups excluding carboxylic acids is 1. The number of rotatable bonds is 2. The molecule has 1 amide bonds. The van der Waals surface area contributed by atoms with E-state index in [4.69, 9.17) is 0 Å². The second-order valence-electron chi connectivity index (χ2n) is 1.16. The smallest absolute Gasteiger partial charge is 0.430 e. The Morgan fingerprint density at radius 2 is 2.20 bits per heavy atom. The standard InChI is InChI=1S/C4H7NO2S2.Mo/c1-2-3-7-4(6)5(8)9;/h2,8-9H,1,3H2;. The molecule has 0 rings (SSSR count). The van der Waals surface area contributed by atoms with E-state index in [-0.39, 0.29) is 27.7 Å². The zero-order chi connectivity index (χ0) is 7.28. The van der Waals surface area contributed by atoms with Crippen molar-refractivity contribution in [2.24, 2.45) is 0 Å². The first-order valence-electron chi connectivity index (χ1n) is 2.14. The molecule has 0 unspecified atom stereocenters. The van der Waals surface area contributed by atoms with E-state index in [1.807, 2.05) is 0 Å². The van der Waals surface area contributed by atoms with Crippen LogP contribution in [0.15, 0.2) is 12.7 Å². The molecule has 0 aliphatic rings. The third kappa shape index (κ3) is 6.52. The molecule has 0 radical (unpaired) electrons. The van der Waals surface area contributed by atoms with Gasteiger partial charge in [-0.1, -0.05) is 12.7 Å². The summed E-state index contributed by atoms with van der Waals surface area (Å²) in [4.78, 5) is 10.4. The van der Waals surface area contributed by atoms with E-state index in [9.17, 15) is 4.79 Å². The van der Waals surface area contributed by atoms with Crippen LogP contribution >= 0.6 is 25.6 Å². The van der Waals surface area contributed by atoms with Gasteiger partial charge in [-0.2, -0.15) is 3.71 Å². The molecular formula is C4H7MoNO2S2. The van der Waals surface area contributed by atoms with Gasteiger partial charge in [-0.05, 0) is 25.6 Å². The molecule has 58 valence electrons. The number of thiol groups is 2. The predicted octanol–water partition coefficient (Wildman–Crippen LogP) is 1.30. The fourth-order valence-corrected chi connectivity index (χ4v) is 0.303. The minimum Gasteiger partial charge on any atom is -0.444 e. The van der Waals surface area contributed by atoms with E-state index in [0.717, 1.165) is 3.71 Å². The maximum absolute atomic E-state index is 10.4. The van der Waals surface area contributed by atoms with Crippen molar-refractivity contribution in [3.8, 4) is 0 Å². The van der Waals surface area contributed by atoms with E-state index in [2.05, 4.69) is 36.9 Å². The van der Waals surface area contributed by atoms with Crippen molar-refractivity contribution >= 4 is 31.7 Å². The number of hydrogen-bond acceptors (Lipinski definition) is 4. The average Bonchev–Trinajstić information content (AvgIpc) is 1.82. The summed E-state index contributed by atoms with van der Waals surface area (Å²) in [7, 11) is 0. The van der Waals surface area contributed by atoms with Crippen molar-refractivity contribution in [3.05, 3.63) is 12.7 Å². The summed E-state index contributed by atoms with van der Waals surface area (Å²) in [6.45, 7) is 3.52. The summed E-state index contributed by atoms with van der Waals surface area (Å²) >= 11 is 7.11. The Morgan fingerprint density at radius 3 is 2.50 bits per heavy atom. The van der Waals surface area contributed by atoms with Crippen LogP contribution < -0.4 is 0 Å². The molecule has 0 bridgehead atoms. The Hall–Kier alpha value is 0.398. The summed E-state index contributed by atoms with van der Waals surface area (Å²) < 4.78 is 5.22. The minimum absolute atomic E-state index is 0. The first kappa shape index (κ1) is 13.0. The molecule has 0 aliphatic carbocycles. The molecule has 0 aliphatic heterocycles. The van der Waals surface area contributed by atoms with Crippen LogP contribution in [0, 0.1) is 0 Å². The fourth-order valence-electron chi connectivity index (χ4n) is 0.188. The van der Waals surface area contributed by atoms with Crippen LogP contribution in [0.4, 0.5) is 4.79 Å². The Labute approximate surface area is 85.1 Å². The second-order valence-corrected chi connectivity index (χ2v) is 2.27. The van der Waals surface area contributed by atoms with Gasteiger partial charge in [0.15, 0.2) is 0 Å².